The zero-order valence-electron chi connectivity index (χ0n) is 10.2. The first-order chi connectivity index (χ1) is 9.99. The molecule has 1 heterocycles. The molecule has 3 aromatic rings. The predicted molar refractivity (Wildman–Crippen MR) is 75.8 cm³/mol. The van der Waals surface area contributed by atoms with E-state index in [1.165, 1.54) is 10.7 Å². The molecule has 8 heteroatoms. The van der Waals surface area contributed by atoms with Crippen molar-refractivity contribution in [1.29, 1.82) is 0 Å². The van der Waals surface area contributed by atoms with E-state index < -0.39 is 11.8 Å². The fraction of sp³-hybridized carbons (Fsp3) is 0. The van der Waals surface area contributed by atoms with Gasteiger partial charge in [-0.05, 0) is 24.3 Å². The van der Waals surface area contributed by atoms with Crippen molar-refractivity contribution in [2.24, 2.45) is 0 Å². The molecule has 0 spiro atoms. The summed E-state index contributed by atoms with van der Waals surface area (Å²) in [6, 6.07) is 6.71. The van der Waals surface area contributed by atoms with E-state index in [1.54, 1.807) is 12.1 Å². The number of aromatic nitrogens is 3. The molecule has 21 heavy (non-hydrogen) atoms. The van der Waals surface area contributed by atoms with Gasteiger partial charge in [0.1, 0.15) is 22.5 Å². The third-order valence-corrected chi connectivity index (χ3v) is 3.47. The second-order valence-corrected chi connectivity index (χ2v) is 5.01. The molecule has 0 aliphatic carbocycles. The maximum atomic E-state index is 13.3. The van der Waals surface area contributed by atoms with E-state index >= 15 is 0 Å². The van der Waals surface area contributed by atoms with Crippen molar-refractivity contribution in [3.63, 3.8) is 0 Å². The third kappa shape index (κ3) is 2.22. The molecule has 0 aliphatic heterocycles. The first-order valence-corrected chi connectivity index (χ1v) is 6.47. The average Bonchev–Trinajstić information content (AvgIpc) is 2.81. The fourth-order valence-electron chi connectivity index (χ4n) is 2.04. The largest absolute Gasteiger partial charge is 0.478 e. The van der Waals surface area contributed by atoms with Crippen molar-refractivity contribution in [3.8, 4) is 5.69 Å². The Balaban J connectivity index is 2.39. The highest BCUT2D eigenvalue weighted by Gasteiger charge is 2.19. The maximum absolute atomic E-state index is 13.3. The van der Waals surface area contributed by atoms with Crippen LogP contribution in [0, 0.1) is 5.82 Å². The van der Waals surface area contributed by atoms with Gasteiger partial charge >= 0.3 is 5.97 Å². The van der Waals surface area contributed by atoms with Gasteiger partial charge < -0.3 is 5.11 Å². The molecule has 0 unspecified atom stereocenters. The Morgan fingerprint density at radius 2 is 1.90 bits per heavy atom. The smallest absolute Gasteiger partial charge is 0.337 e. The lowest BCUT2D eigenvalue weighted by molar-refractivity contribution is 0.0698. The highest BCUT2D eigenvalue weighted by molar-refractivity contribution is 6.37. The Morgan fingerprint density at radius 1 is 1.24 bits per heavy atom. The van der Waals surface area contributed by atoms with Gasteiger partial charge in [0, 0.05) is 0 Å². The molecule has 0 bridgehead atoms. The summed E-state index contributed by atoms with van der Waals surface area (Å²) in [6.45, 7) is 0. The van der Waals surface area contributed by atoms with Gasteiger partial charge in [-0.25, -0.2) is 13.9 Å². The van der Waals surface area contributed by atoms with Crippen LogP contribution in [-0.2, 0) is 0 Å². The molecule has 0 amide bonds. The number of carboxylic acids is 1. The molecular formula is C13H6Cl2FN3O2. The Hall–Kier alpha value is -2.18. The molecule has 1 N–H and O–H groups in total. The zero-order chi connectivity index (χ0) is 15.1. The standard InChI is InChI=1S/C13H6Cl2FN3O2/c14-8-4-6(16)5-9(15)12(8)19-11-7(13(20)21)2-1-3-10(11)17-18-19/h1-5H,(H,20,21). The van der Waals surface area contributed by atoms with E-state index in [0.29, 0.717) is 5.52 Å². The van der Waals surface area contributed by atoms with Gasteiger partial charge in [0.2, 0.25) is 0 Å². The second kappa shape index (κ2) is 4.98. The molecule has 106 valence electrons. The van der Waals surface area contributed by atoms with Crippen LogP contribution in [0.4, 0.5) is 4.39 Å². The van der Waals surface area contributed by atoms with Gasteiger partial charge in [-0.1, -0.05) is 34.5 Å². The summed E-state index contributed by atoms with van der Waals surface area (Å²) in [5, 5.41) is 17.0. The van der Waals surface area contributed by atoms with Crippen LogP contribution in [0.2, 0.25) is 10.0 Å². The van der Waals surface area contributed by atoms with Crippen LogP contribution in [0.1, 0.15) is 10.4 Å². The molecule has 3 rings (SSSR count). The number of nitrogens with zero attached hydrogens (tertiary/aromatic N) is 3. The number of carbonyl (C=O) groups is 1. The van der Waals surface area contributed by atoms with Crippen LogP contribution in [0.3, 0.4) is 0 Å². The van der Waals surface area contributed by atoms with Gasteiger partial charge in [0.05, 0.1) is 15.6 Å². The number of halogens is 3. The van der Waals surface area contributed by atoms with Gasteiger partial charge in [0.15, 0.2) is 0 Å². The molecule has 0 aliphatic rings. The van der Waals surface area contributed by atoms with Gasteiger partial charge in [-0.15, -0.1) is 5.10 Å². The van der Waals surface area contributed by atoms with E-state index in [-0.39, 0.29) is 26.8 Å². The number of benzene rings is 2. The summed E-state index contributed by atoms with van der Waals surface area (Å²) in [5.41, 5.74) is 0.775. The molecular weight excluding hydrogens is 320 g/mol. The van der Waals surface area contributed by atoms with Crippen LogP contribution >= 0.6 is 23.2 Å². The van der Waals surface area contributed by atoms with Crippen LogP contribution in [-0.4, -0.2) is 26.1 Å². The summed E-state index contributed by atoms with van der Waals surface area (Å²) in [6.07, 6.45) is 0. The molecule has 0 saturated carbocycles. The summed E-state index contributed by atoms with van der Waals surface area (Å²) in [7, 11) is 0. The van der Waals surface area contributed by atoms with Gasteiger partial charge in [-0.3, -0.25) is 0 Å². The van der Waals surface area contributed by atoms with Crippen molar-refractivity contribution >= 4 is 40.2 Å². The van der Waals surface area contributed by atoms with Crippen molar-refractivity contribution in [1.82, 2.24) is 15.0 Å². The molecule has 0 fully saturated rings. The zero-order valence-corrected chi connectivity index (χ0v) is 11.7. The van der Waals surface area contributed by atoms with Gasteiger partial charge in [0.25, 0.3) is 0 Å². The maximum Gasteiger partial charge on any atom is 0.337 e. The molecule has 0 radical (unpaired) electrons. The topological polar surface area (TPSA) is 68.0 Å². The van der Waals surface area contributed by atoms with Crippen LogP contribution < -0.4 is 0 Å². The van der Waals surface area contributed by atoms with Crippen LogP contribution in [0.25, 0.3) is 16.7 Å². The second-order valence-electron chi connectivity index (χ2n) is 4.20. The van der Waals surface area contributed by atoms with E-state index in [9.17, 15) is 14.3 Å². The summed E-state index contributed by atoms with van der Waals surface area (Å²) in [5.74, 6) is -1.74. The highest BCUT2D eigenvalue weighted by Crippen LogP contribution is 2.32. The monoisotopic (exact) mass is 325 g/mol. The average molecular weight is 326 g/mol. The molecule has 0 atom stereocenters. The number of rotatable bonds is 2. The molecule has 2 aromatic carbocycles. The van der Waals surface area contributed by atoms with E-state index in [1.807, 2.05) is 0 Å². The van der Waals surface area contributed by atoms with Crippen molar-refractivity contribution < 1.29 is 14.3 Å². The third-order valence-electron chi connectivity index (χ3n) is 2.89. The minimum Gasteiger partial charge on any atom is -0.478 e. The van der Waals surface area contributed by atoms with Crippen molar-refractivity contribution in [3.05, 3.63) is 51.8 Å². The Kier molecular flexibility index (Phi) is 3.27. The first-order valence-electron chi connectivity index (χ1n) is 5.71. The lowest BCUT2D eigenvalue weighted by atomic mass is 10.2. The fourth-order valence-corrected chi connectivity index (χ4v) is 2.66. The lowest BCUT2D eigenvalue weighted by Gasteiger charge is -2.09. The van der Waals surface area contributed by atoms with Gasteiger partial charge in [-0.2, -0.15) is 0 Å². The van der Waals surface area contributed by atoms with E-state index in [2.05, 4.69) is 10.3 Å². The number of carboxylic acid groups (broad SMARTS) is 1. The van der Waals surface area contributed by atoms with Crippen molar-refractivity contribution in [2.45, 2.75) is 0 Å². The predicted octanol–water partition coefficient (Wildman–Crippen LogP) is 3.56. The molecule has 1 aromatic heterocycles. The summed E-state index contributed by atoms with van der Waals surface area (Å²) >= 11 is 12.0. The normalized spacial score (nSPS) is 11.0. The number of para-hydroxylation sites is 1. The summed E-state index contributed by atoms with van der Waals surface area (Å²) < 4.78 is 14.5. The van der Waals surface area contributed by atoms with Crippen molar-refractivity contribution in [2.75, 3.05) is 0 Å². The number of aromatic carboxylic acids is 1. The minimum absolute atomic E-state index is 0.00559. The Morgan fingerprint density at radius 3 is 2.52 bits per heavy atom. The number of fused-ring (bicyclic) bond motifs is 1. The Bertz CT molecular complexity index is 856. The first kappa shape index (κ1) is 13.8. The van der Waals surface area contributed by atoms with E-state index in [4.69, 9.17) is 23.2 Å². The lowest BCUT2D eigenvalue weighted by Crippen LogP contribution is -2.04. The van der Waals surface area contributed by atoms with Crippen LogP contribution in [0.15, 0.2) is 30.3 Å². The SMILES string of the molecule is O=C(O)c1cccc2nnn(-c3c(Cl)cc(F)cc3Cl)c12. The van der Waals surface area contributed by atoms with E-state index in [0.717, 1.165) is 12.1 Å². The minimum atomic E-state index is -1.14. The highest BCUT2D eigenvalue weighted by atomic mass is 35.5. The Labute approximate surface area is 127 Å². The molecule has 5 nitrogen and oxygen atoms in total. The van der Waals surface area contributed by atoms with Crippen LogP contribution in [0.5, 0.6) is 0 Å². The quantitative estimate of drug-likeness (QED) is 0.782. The number of hydrogen-bond donors (Lipinski definition) is 1. The number of hydrogen-bond acceptors (Lipinski definition) is 3. The summed E-state index contributed by atoms with van der Waals surface area (Å²) in [4.78, 5) is 11.3. The molecule has 0 saturated heterocycles.